The molecule has 3 heterocycles. The highest BCUT2D eigenvalue weighted by atomic mass is 19.4. The molecule has 2 aromatic carbocycles. The smallest absolute Gasteiger partial charge is 0.242 e. The molecule has 0 aliphatic heterocycles. The number of halogens is 4. The van der Waals surface area contributed by atoms with Gasteiger partial charge in [-0.2, -0.15) is 18.3 Å². The Kier molecular flexibility index (Phi) is 5.12. The minimum absolute atomic E-state index is 0.0526. The van der Waals surface area contributed by atoms with Gasteiger partial charge in [0.05, 0.1) is 18.5 Å². The quantitative estimate of drug-likeness (QED) is 0.354. The van der Waals surface area contributed by atoms with E-state index in [0.717, 1.165) is 4.68 Å². The van der Waals surface area contributed by atoms with Crippen LogP contribution in [0.3, 0.4) is 0 Å². The summed E-state index contributed by atoms with van der Waals surface area (Å²) in [7, 11) is 0. The lowest BCUT2D eigenvalue weighted by Crippen LogP contribution is -2.16. The highest BCUT2D eigenvalue weighted by molar-refractivity contribution is 5.89. The first-order chi connectivity index (χ1) is 15.9. The van der Waals surface area contributed by atoms with Gasteiger partial charge in [0.2, 0.25) is 11.6 Å². The third-order valence-corrected chi connectivity index (χ3v) is 5.10. The molecule has 0 atom stereocenters. The van der Waals surface area contributed by atoms with Crippen LogP contribution in [0.25, 0.3) is 22.6 Å². The number of fused-ring (bicyclic) bond motifs is 1. The Morgan fingerprint density at radius 2 is 1.55 bits per heavy atom. The maximum Gasteiger partial charge on any atom is 0.451 e. The maximum absolute atomic E-state index is 14.2. The van der Waals surface area contributed by atoms with Crippen LogP contribution in [0.1, 0.15) is 17.0 Å². The molecule has 6 nitrogen and oxygen atoms in total. The van der Waals surface area contributed by atoms with Crippen LogP contribution >= 0.6 is 0 Å². The first kappa shape index (κ1) is 20.8. The Morgan fingerprint density at radius 3 is 2.30 bits per heavy atom. The van der Waals surface area contributed by atoms with Crippen molar-refractivity contribution in [2.75, 3.05) is 0 Å². The van der Waals surface area contributed by atoms with Crippen molar-refractivity contribution < 1.29 is 17.6 Å². The Labute approximate surface area is 185 Å². The minimum atomic E-state index is -4.70. The Bertz CT molecular complexity index is 1420. The Balaban J connectivity index is 1.61. The largest absolute Gasteiger partial charge is 0.451 e. The topological polar surface area (TPSA) is 61.4 Å². The zero-order chi connectivity index (χ0) is 23.0. The lowest BCUT2D eigenvalue weighted by atomic mass is 10.2. The molecule has 10 heteroatoms. The monoisotopic (exact) mass is 452 g/mol. The van der Waals surface area contributed by atoms with Gasteiger partial charge in [0.25, 0.3) is 0 Å². The van der Waals surface area contributed by atoms with Gasteiger partial charge >= 0.3 is 6.18 Å². The summed E-state index contributed by atoms with van der Waals surface area (Å²) in [6.07, 6.45) is -3.17. The van der Waals surface area contributed by atoms with E-state index in [2.05, 4.69) is 20.2 Å². The van der Waals surface area contributed by atoms with Gasteiger partial charge in [-0.25, -0.2) is 23.7 Å². The number of aromatic nitrogens is 6. The molecule has 3 aromatic heterocycles. The van der Waals surface area contributed by atoms with Crippen LogP contribution in [0.4, 0.5) is 17.6 Å². The summed E-state index contributed by atoms with van der Waals surface area (Å²) in [5, 5.41) is 9.03. The highest BCUT2D eigenvalue weighted by Gasteiger charge is 2.38. The lowest BCUT2D eigenvalue weighted by Gasteiger charge is -2.08. The molecule has 0 unspecified atom stereocenters. The fraction of sp³-hybridized carbons (Fsp3) is 0.130. The van der Waals surface area contributed by atoms with Crippen LogP contribution < -0.4 is 0 Å². The lowest BCUT2D eigenvalue weighted by molar-refractivity contribution is -0.147. The molecular formula is C23H16F4N6. The standard InChI is InChI=1S/C23H16F4N6/c24-18-11-5-4-9-16(18)14-32-21-17(10-6-12-28-21)19(30-32)20-29-22(23(25,26)27)33(31-20)13-15-7-2-1-3-8-15/h1-12H,13-14H2. The summed E-state index contributed by atoms with van der Waals surface area (Å²) >= 11 is 0. The predicted octanol–water partition coefficient (Wildman–Crippen LogP) is 4.94. The molecule has 33 heavy (non-hydrogen) atoms. The van der Waals surface area contributed by atoms with Crippen molar-refractivity contribution in [3.05, 3.63) is 95.7 Å². The number of hydrogen-bond donors (Lipinski definition) is 0. The van der Waals surface area contributed by atoms with Crippen molar-refractivity contribution in [2.45, 2.75) is 19.3 Å². The summed E-state index contributed by atoms with van der Waals surface area (Å²) in [5.41, 5.74) is 1.56. The first-order valence-electron chi connectivity index (χ1n) is 10.0. The van der Waals surface area contributed by atoms with E-state index >= 15 is 0 Å². The van der Waals surface area contributed by atoms with Gasteiger partial charge in [0.15, 0.2) is 5.65 Å². The molecule has 0 N–H and O–H groups in total. The number of pyridine rings is 1. The molecule has 0 aliphatic carbocycles. The van der Waals surface area contributed by atoms with Crippen LogP contribution in [0.2, 0.25) is 0 Å². The summed E-state index contributed by atoms with van der Waals surface area (Å²) in [5.74, 6) is -1.71. The normalized spacial score (nSPS) is 11.9. The average molecular weight is 452 g/mol. The Morgan fingerprint density at radius 1 is 0.788 bits per heavy atom. The minimum Gasteiger partial charge on any atom is -0.242 e. The SMILES string of the molecule is Fc1ccccc1Cn1nc(-c2nc(C(F)(F)F)n(Cc3ccccc3)n2)c2cccnc21. The van der Waals surface area contributed by atoms with Gasteiger partial charge < -0.3 is 0 Å². The van der Waals surface area contributed by atoms with Crippen LogP contribution in [0.15, 0.2) is 72.9 Å². The molecule has 0 saturated heterocycles. The van der Waals surface area contributed by atoms with Crippen molar-refractivity contribution in [1.82, 2.24) is 29.5 Å². The number of rotatable bonds is 5. The number of hydrogen-bond acceptors (Lipinski definition) is 4. The van der Waals surface area contributed by atoms with Gasteiger partial charge in [0.1, 0.15) is 11.5 Å². The van der Waals surface area contributed by atoms with E-state index in [4.69, 9.17) is 0 Å². The van der Waals surface area contributed by atoms with Crippen molar-refractivity contribution in [3.8, 4) is 11.5 Å². The average Bonchev–Trinajstić information content (AvgIpc) is 3.38. The molecule has 5 rings (SSSR count). The second-order valence-corrected chi connectivity index (χ2v) is 7.37. The molecule has 0 aliphatic rings. The third kappa shape index (κ3) is 4.07. The number of nitrogens with zero attached hydrogens (tertiary/aromatic N) is 6. The van der Waals surface area contributed by atoms with E-state index in [0.29, 0.717) is 22.2 Å². The van der Waals surface area contributed by atoms with Crippen LogP contribution in [-0.2, 0) is 19.3 Å². The van der Waals surface area contributed by atoms with E-state index in [-0.39, 0.29) is 24.6 Å². The summed E-state index contributed by atoms with van der Waals surface area (Å²) in [4.78, 5) is 8.08. The highest BCUT2D eigenvalue weighted by Crippen LogP contribution is 2.32. The predicted molar refractivity (Wildman–Crippen MR) is 113 cm³/mol. The van der Waals surface area contributed by atoms with E-state index < -0.39 is 17.8 Å². The maximum atomic E-state index is 14.2. The van der Waals surface area contributed by atoms with E-state index in [1.807, 2.05) is 0 Å². The van der Waals surface area contributed by atoms with Crippen LogP contribution in [0, 0.1) is 5.82 Å². The zero-order valence-corrected chi connectivity index (χ0v) is 17.0. The van der Waals surface area contributed by atoms with Crippen molar-refractivity contribution in [1.29, 1.82) is 0 Å². The van der Waals surface area contributed by atoms with E-state index in [9.17, 15) is 17.6 Å². The third-order valence-electron chi connectivity index (χ3n) is 5.10. The first-order valence-corrected chi connectivity index (χ1v) is 10.0. The fourth-order valence-corrected chi connectivity index (χ4v) is 3.59. The molecule has 166 valence electrons. The number of alkyl halides is 3. The van der Waals surface area contributed by atoms with Crippen LogP contribution in [-0.4, -0.2) is 29.5 Å². The van der Waals surface area contributed by atoms with Gasteiger partial charge in [-0.05, 0) is 23.8 Å². The van der Waals surface area contributed by atoms with Gasteiger partial charge in [-0.1, -0.05) is 48.5 Å². The zero-order valence-electron chi connectivity index (χ0n) is 17.0. The molecule has 5 aromatic rings. The van der Waals surface area contributed by atoms with Gasteiger partial charge in [-0.3, -0.25) is 0 Å². The fourth-order valence-electron chi connectivity index (χ4n) is 3.59. The van der Waals surface area contributed by atoms with Crippen molar-refractivity contribution in [2.24, 2.45) is 0 Å². The number of benzene rings is 2. The molecule has 0 radical (unpaired) electrons. The molecule has 0 amide bonds. The second kappa shape index (κ2) is 8.12. The van der Waals surface area contributed by atoms with Crippen molar-refractivity contribution in [3.63, 3.8) is 0 Å². The van der Waals surface area contributed by atoms with E-state index in [1.165, 1.54) is 16.9 Å². The second-order valence-electron chi connectivity index (χ2n) is 7.37. The van der Waals surface area contributed by atoms with Crippen molar-refractivity contribution >= 4 is 11.0 Å². The molecule has 0 fully saturated rings. The molecule has 0 spiro atoms. The van der Waals surface area contributed by atoms with Gasteiger partial charge in [-0.15, -0.1) is 5.10 Å². The molecule has 0 bridgehead atoms. The summed E-state index contributed by atoms with van der Waals surface area (Å²) in [6.45, 7) is -0.0498. The van der Waals surface area contributed by atoms with E-state index in [1.54, 1.807) is 60.7 Å². The summed E-state index contributed by atoms with van der Waals surface area (Å²) in [6, 6.07) is 18.2. The van der Waals surface area contributed by atoms with Gasteiger partial charge in [0, 0.05) is 11.8 Å². The molecule has 0 saturated carbocycles. The summed E-state index contributed by atoms with van der Waals surface area (Å²) < 4.78 is 57.6. The molecular weight excluding hydrogens is 436 g/mol. The van der Waals surface area contributed by atoms with Crippen LogP contribution in [0.5, 0.6) is 0 Å². The Hall–Kier alpha value is -4.08.